The van der Waals surface area contributed by atoms with Crippen molar-refractivity contribution in [3.8, 4) is 16.9 Å². The molecule has 1 aliphatic rings. The van der Waals surface area contributed by atoms with Crippen LogP contribution in [0.1, 0.15) is 23.1 Å². The number of halogens is 3. The molecule has 5 aromatic rings. The number of pyridine rings is 1. The molecule has 0 radical (unpaired) electrons. The number of fused-ring (bicyclic) bond motifs is 3. The molecule has 1 atom stereocenters. The Morgan fingerprint density at radius 1 is 1.05 bits per heavy atom. The average molecular weight is 541 g/mol. The van der Waals surface area contributed by atoms with Crippen molar-refractivity contribution < 1.29 is 31.1 Å². The summed E-state index contributed by atoms with van der Waals surface area (Å²) in [5, 5.41) is 3.96. The van der Waals surface area contributed by atoms with Crippen LogP contribution in [0.15, 0.2) is 84.1 Å². The van der Waals surface area contributed by atoms with Crippen molar-refractivity contribution in [3.05, 3.63) is 102 Å². The smallest absolute Gasteiger partial charge is 0.387 e. The van der Waals surface area contributed by atoms with Gasteiger partial charge in [-0.1, -0.05) is 36.4 Å². The standard InChI is InChI=1S/C26H19F3N4O4S/c27-20-12-23-31-21-10-11-36-25(18-8-4-5-9-22(18)37-26(28)29)24(21)32(23)15-19(20)16-13-30-33(14-16)38(34,35)17-6-2-1-3-7-17/h1-9,12-15,25-26H,10-11H2/t25-/m1/s1. The molecule has 0 amide bonds. The van der Waals surface area contributed by atoms with Crippen molar-refractivity contribution in [3.63, 3.8) is 0 Å². The maximum atomic E-state index is 15.3. The molecular formula is C26H19F3N4O4S. The number of hydrogen-bond donors (Lipinski definition) is 0. The molecule has 1 aliphatic heterocycles. The summed E-state index contributed by atoms with van der Waals surface area (Å²) in [7, 11) is -3.98. The minimum atomic E-state index is -3.98. The summed E-state index contributed by atoms with van der Waals surface area (Å²) < 4.78 is 80.4. The molecule has 4 heterocycles. The number of hydrogen-bond acceptors (Lipinski definition) is 6. The van der Waals surface area contributed by atoms with Gasteiger partial charge in [0.05, 0.1) is 35.3 Å². The molecule has 0 spiro atoms. The number of nitrogens with zero attached hydrogens (tertiary/aromatic N) is 4. The number of benzene rings is 2. The minimum absolute atomic E-state index is 0.0370. The third-order valence-corrected chi connectivity index (χ3v) is 7.83. The van der Waals surface area contributed by atoms with Gasteiger partial charge in [-0.25, -0.2) is 9.37 Å². The van der Waals surface area contributed by atoms with Gasteiger partial charge in [0, 0.05) is 35.4 Å². The zero-order chi connectivity index (χ0) is 26.4. The second kappa shape index (κ2) is 9.30. The van der Waals surface area contributed by atoms with E-state index in [-0.39, 0.29) is 28.4 Å². The summed E-state index contributed by atoms with van der Waals surface area (Å²) in [6, 6.07) is 15.3. The van der Waals surface area contributed by atoms with Crippen molar-refractivity contribution in [2.75, 3.05) is 6.61 Å². The molecule has 0 bridgehead atoms. The van der Waals surface area contributed by atoms with E-state index in [1.54, 1.807) is 40.8 Å². The average Bonchev–Trinajstić information content (AvgIpc) is 3.54. The SMILES string of the molecule is O=S(=O)(c1ccccc1)n1cc(-c2cn3c4c(nc3cc2F)CCO[C@@H]4c2ccccc2OC(F)F)cn1. The van der Waals surface area contributed by atoms with Crippen LogP contribution in [0.4, 0.5) is 13.2 Å². The number of para-hydroxylation sites is 1. The number of aromatic nitrogens is 4. The quantitative estimate of drug-likeness (QED) is 0.307. The Morgan fingerprint density at radius 2 is 1.82 bits per heavy atom. The summed E-state index contributed by atoms with van der Waals surface area (Å²) in [5.41, 5.74) is 2.15. The van der Waals surface area contributed by atoms with Crippen LogP contribution in [0.3, 0.4) is 0 Å². The van der Waals surface area contributed by atoms with Gasteiger partial charge in [0.15, 0.2) is 0 Å². The van der Waals surface area contributed by atoms with Gasteiger partial charge < -0.3 is 9.47 Å². The second-order valence-electron chi connectivity index (χ2n) is 8.54. The molecule has 38 heavy (non-hydrogen) atoms. The predicted molar refractivity (Wildman–Crippen MR) is 130 cm³/mol. The lowest BCUT2D eigenvalue weighted by molar-refractivity contribution is -0.0522. The van der Waals surface area contributed by atoms with Crippen LogP contribution in [-0.4, -0.2) is 40.2 Å². The highest BCUT2D eigenvalue weighted by Crippen LogP contribution is 2.39. The van der Waals surface area contributed by atoms with E-state index < -0.39 is 28.6 Å². The zero-order valence-corrected chi connectivity index (χ0v) is 20.4. The first-order chi connectivity index (χ1) is 18.3. The maximum absolute atomic E-state index is 15.3. The first kappa shape index (κ1) is 24.2. The first-order valence-electron chi connectivity index (χ1n) is 11.5. The summed E-state index contributed by atoms with van der Waals surface area (Å²) >= 11 is 0. The Kier molecular flexibility index (Phi) is 5.92. The van der Waals surface area contributed by atoms with Crippen LogP contribution in [0.2, 0.25) is 0 Å². The molecule has 0 saturated carbocycles. The fourth-order valence-corrected chi connectivity index (χ4v) is 5.71. The molecule has 194 valence electrons. The van der Waals surface area contributed by atoms with E-state index in [1.165, 1.54) is 42.9 Å². The third-order valence-electron chi connectivity index (χ3n) is 6.27. The van der Waals surface area contributed by atoms with Crippen LogP contribution < -0.4 is 4.74 Å². The van der Waals surface area contributed by atoms with E-state index in [0.717, 1.165) is 4.09 Å². The van der Waals surface area contributed by atoms with Crippen molar-refractivity contribution >= 4 is 15.7 Å². The molecule has 8 nitrogen and oxygen atoms in total. The van der Waals surface area contributed by atoms with E-state index >= 15 is 4.39 Å². The summed E-state index contributed by atoms with van der Waals surface area (Å²) in [6.07, 6.45) is 3.60. The van der Waals surface area contributed by atoms with Gasteiger partial charge in [-0.05, 0) is 18.2 Å². The van der Waals surface area contributed by atoms with Crippen molar-refractivity contribution in [1.29, 1.82) is 0 Å². The Bertz CT molecular complexity index is 1750. The highest BCUT2D eigenvalue weighted by Gasteiger charge is 2.31. The Hall–Kier alpha value is -4.16. The van der Waals surface area contributed by atoms with Crippen LogP contribution in [0, 0.1) is 5.82 Å². The van der Waals surface area contributed by atoms with Gasteiger partial charge in [-0.3, -0.25) is 4.40 Å². The number of rotatable bonds is 6. The topological polar surface area (TPSA) is 87.7 Å². The lowest BCUT2D eigenvalue weighted by Crippen LogP contribution is -2.20. The van der Waals surface area contributed by atoms with Crippen molar-refractivity contribution in [2.24, 2.45) is 0 Å². The largest absolute Gasteiger partial charge is 0.434 e. The molecule has 12 heteroatoms. The normalized spacial score (nSPS) is 15.6. The second-order valence-corrected chi connectivity index (χ2v) is 10.3. The van der Waals surface area contributed by atoms with Gasteiger partial charge in [0.25, 0.3) is 10.0 Å². The van der Waals surface area contributed by atoms with Crippen LogP contribution in [-0.2, 0) is 21.2 Å². The third kappa shape index (κ3) is 4.11. The predicted octanol–water partition coefficient (Wildman–Crippen LogP) is 4.84. The van der Waals surface area contributed by atoms with Crippen LogP contribution >= 0.6 is 0 Å². The fraction of sp³-hybridized carbons (Fsp3) is 0.154. The van der Waals surface area contributed by atoms with Crippen LogP contribution in [0.5, 0.6) is 5.75 Å². The molecular weight excluding hydrogens is 521 g/mol. The lowest BCUT2D eigenvalue weighted by atomic mass is 10.0. The molecule has 2 aromatic carbocycles. The highest BCUT2D eigenvalue weighted by molar-refractivity contribution is 7.89. The summed E-state index contributed by atoms with van der Waals surface area (Å²) in [4.78, 5) is 4.58. The van der Waals surface area contributed by atoms with Crippen molar-refractivity contribution in [2.45, 2.75) is 24.0 Å². The monoisotopic (exact) mass is 540 g/mol. The molecule has 0 N–H and O–H groups in total. The minimum Gasteiger partial charge on any atom is -0.434 e. The highest BCUT2D eigenvalue weighted by atomic mass is 32.2. The van der Waals surface area contributed by atoms with Gasteiger partial charge in [0.1, 0.15) is 23.3 Å². The van der Waals surface area contributed by atoms with E-state index in [0.29, 0.717) is 29.0 Å². The van der Waals surface area contributed by atoms with Crippen LogP contribution in [0.25, 0.3) is 16.8 Å². The first-order valence-corrected chi connectivity index (χ1v) is 13.0. The maximum Gasteiger partial charge on any atom is 0.387 e. The zero-order valence-electron chi connectivity index (χ0n) is 19.5. The van der Waals surface area contributed by atoms with E-state index in [1.807, 2.05) is 0 Å². The summed E-state index contributed by atoms with van der Waals surface area (Å²) in [5.74, 6) is -0.666. The van der Waals surface area contributed by atoms with Gasteiger partial charge in [-0.15, -0.1) is 0 Å². The molecule has 3 aromatic heterocycles. The Morgan fingerprint density at radius 3 is 2.61 bits per heavy atom. The van der Waals surface area contributed by atoms with E-state index in [9.17, 15) is 17.2 Å². The number of alkyl halides is 2. The Balaban J connectivity index is 1.46. The molecule has 0 saturated heterocycles. The summed E-state index contributed by atoms with van der Waals surface area (Å²) in [6.45, 7) is -2.74. The Labute approximate surface area is 214 Å². The fourth-order valence-electron chi connectivity index (χ4n) is 4.57. The number of ether oxygens (including phenoxy) is 2. The lowest BCUT2D eigenvalue weighted by Gasteiger charge is -2.25. The van der Waals surface area contributed by atoms with E-state index in [2.05, 4.69) is 10.1 Å². The van der Waals surface area contributed by atoms with E-state index in [4.69, 9.17) is 9.47 Å². The van der Waals surface area contributed by atoms with Gasteiger partial charge >= 0.3 is 6.61 Å². The number of imidazole rings is 1. The molecule has 0 aliphatic carbocycles. The van der Waals surface area contributed by atoms with Crippen molar-refractivity contribution in [1.82, 2.24) is 18.6 Å². The molecule has 0 fully saturated rings. The van der Waals surface area contributed by atoms with Gasteiger partial charge in [0.2, 0.25) is 0 Å². The molecule has 6 rings (SSSR count). The van der Waals surface area contributed by atoms with Gasteiger partial charge in [-0.2, -0.15) is 26.4 Å². The molecule has 0 unspecified atom stereocenters.